The summed E-state index contributed by atoms with van der Waals surface area (Å²) in [5, 5.41) is 9.07. The van der Waals surface area contributed by atoms with Gasteiger partial charge >= 0.3 is 0 Å². The number of H-pyrrole nitrogens is 2. The quantitative estimate of drug-likeness (QED) is 0.527. The highest BCUT2D eigenvalue weighted by molar-refractivity contribution is 6.01. The summed E-state index contributed by atoms with van der Waals surface area (Å²) in [6.45, 7) is 0. The second-order valence-corrected chi connectivity index (χ2v) is 5.38. The molecule has 3 rings (SSSR count). The van der Waals surface area contributed by atoms with Crippen molar-refractivity contribution in [3.63, 3.8) is 0 Å². The summed E-state index contributed by atoms with van der Waals surface area (Å²) in [6, 6.07) is 4.82. The molecule has 0 aliphatic rings. The van der Waals surface area contributed by atoms with E-state index in [1.54, 1.807) is 6.07 Å². The van der Waals surface area contributed by atoms with Crippen molar-refractivity contribution < 1.29 is 14.0 Å². The molecule has 8 nitrogen and oxygen atoms in total. The number of carbonyl (C=O) groups is 2. The number of hydrogen-bond acceptors (Lipinski definition) is 4. The van der Waals surface area contributed by atoms with E-state index in [0.29, 0.717) is 17.0 Å². The Labute approximate surface area is 141 Å². The summed E-state index contributed by atoms with van der Waals surface area (Å²) < 4.78 is 13.4. The molecule has 2 heterocycles. The van der Waals surface area contributed by atoms with Gasteiger partial charge in [-0.05, 0) is 12.1 Å². The Morgan fingerprint density at radius 1 is 1.32 bits per heavy atom. The maximum Gasteiger partial charge on any atom is 0.255 e. The summed E-state index contributed by atoms with van der Waals surface area (Å²) >= 11 is 0. The molecule has 0 unspecified atom stereocenters. The van der Waals surface area contributed by atoms with Crippen molar-refractivity contribution >= 4 is 11.8 Å². The number of nitrogens with two attached hydrogens (primary N) is 1. The number of imidazole rings is 1. The lowest BCUT2D eigenvalue weighted by atomic mass is 10.1. The maximum absolute atomic E-state index is 13.4. The number of amides is 2. The number of carbonyl (C=O) groups excluding carboxylic acids is 2. The first kappa shape index (κ1) is 16.4. The molecule has 0 aliphatic heterocycles. The van der Waals surface area contributed by atoms with Crippen molar-refractivity contribution in [2.45, 2.75) is 12.5 Å². The molecule has 0 spiro atoms. The number of aromatic nitrogens is 4. The van der Waals surface area contributed by atoms with E-state index >= 15 is 0 Å². The Morgan fingerprint density at radius 2 is 2.16 bits per heavy atom. The van der Waals surface area contributed by atoms with Crippen molar-refractivity contribution in [3.05, 3.63) is 60.1 Å². The number of nitrogens with zero attached hydrogens (tertiary/aromatic N) is 2. The van der Waals surface area contributed by atoms with Crippen LogP contribution < -0.4 is 11.1 Å². The molecule has 1 atom stereocenters. The fraction of sp³-hybridized carbons (Fsp3) is 0.125. The van der Waals surface area contributed by atoms with Crippen molar-refractivity contribution in [1.82, 2.24) is 25.5 Å². The molecule has 25 heavy (non-hydrogen) atoms. The largest absolute Gasteiger partial charge is 0.368 e. The van der Waals surface area contributed by atoms with E-state index in [0.717, 1.165) is 0 Å². The number of aromatic amines is 2. The van der Waals surface area contributed by atoms with Gasteiger partial charge in [0.05, 0.1) is 23.8 Å². The third kappa shape index (κ3) is 3.71. The average Bonchev–Trinajstić information content (AvgIpc) is 3.25. The van der Waals surface area contributed by atoms with E-state index in [2.05, 4.69) is 25.5 Å². The van der Waals surface area contributed by atoms with Crippen LogP contribution in [0.25, 0.3) is 11.3 Å². The zero-order valence-electron chi connectivity index (χ0n) is 13.0. The van der Waals surface area contributed by atoms with Gasteiger partial charge in [-0.25, -0.2) is 9.37 Å². The molecule has 2 aromatic heterocycles. The zero-order chi connectivity index (χ0) is 17.8. The lowest BCUT2D eigenvalue weighted by molar-refractivity contribution is -0.119. The molecule has 0 aliphatic carbocycles. The summed E-state index contributed by atoms with van der Waals surface area (Å²) in [6.07, 6.45) is 4.49. The van der Waals surface area contributed by atoms with Crippen molar-refractivity contribution in [1.29, 1.82) is 0 Å². The second kappa shape index (κ2) is 6.95. The van der Waals surface area contributed by atoms with E-state index in [9.17, 15) is 14.0 Å². The highest BCUT2D eigenvalue weighted by Crippen LogP contribution is 2.21. The first-order valence-corrected chi connectivity index (χ1v) is 7.41. The van der Waals surface area contributed by atoms with Gasteiger partial charge in [0.2, 0.25) is 5.91 Å². The van der Waals surface area contributed by atoms with Gasteiger partial charge in [-0.15, -0.1) is 0 Å². The standard InChI is InChI=1S/C16H15FN6O2/c17-10-3-1-2-9(4-10)14-12(7-21-23-14)16(25)22-13(15(18)24)5-11-6-19-8-20-11/h1-4,6-8,13H,5H2,(H2,18,24)(H,19,20)(H,21,23)(H,22,25)/t13-/m0/s1. The fourth-order valence-corrected chi connectivity index (χ4v) is 2.40. The SMILES string of the molecule is NC(=O)[C@H](Cc1cnc[nH]1)NC(=O)c1cn[nH]c1-c1cccc(F)c1. The molecule has 5 N–H and O–H groups in total. The normalized spacial score (nSPS) is 11.9. The highest BCUT2D eigenvalue weighted by Gasteiger charge is 2.23. The predicted molar refractivity (Wildman–Crippen MR) is 86.7 cm³/mol. The number of nitrogens with one attached hydrogen (secondary N) is 3. The van der Waals surface area contributed by atoms with Crippen LogP contribution >= 0.6 is 0 Å². The molecule has 0 fully saturated rings. The number of rotatable bonds is 6. The van der Waals surface area contributed by atoms with E-state index < -0.39 is 23.7 Å². The van der Waals surface area contributed by atoms with Gasteiger partial charge in [0.25, 0.3) is 5.91 Å². The molecule has 0 saturated carbocycles. The predicted octanol–water partition coefficient (Wildman–Crippen LogP) is 0.765. The minimum absolute atomic E-state index is 0.175. The smallest absolute Gasteiger partial charge is 0.255 e. The molecule has 0 radical (unpaired) electrons. The van der Waals surface area contributed by atoms with Crippen LogP contribution in [0.4, 0.5) is 4.39 Å². The van der Waals surface area contributed by atoms with Gasteiger partial charge in [0.15, 0.2) is 0 Å². The van der Waals surface area contributed by atoms with Crippen LogP contribution in [0.5, 0.6) is 0 Å². The molecule has 9 heteroatoms. The van der Waals surface area contributed by atoms with Gasteiger partial charge in [0, 0.05) is 23.9 Å². The molecule has 0 saturated heterocycles. The molecule has 2 amide bonds. The van der Waals surface area contributed by atoms with Crippen molar-refractivity contribution in [2.24, 2.45) is 5.73 Å². The van der Waals surface area contributed by atoms with Gasteiger partial charge in [-0.3, -0.25) is 14.7 Å². The van der Waals surface area contributed by atoms with Crippen LogP contribution in [0.2, 0.25) is 0 Å². The molecular weight excluding hydrogens is 327 g/mol. The lowest BCUT2D eigenvalue weighted by Gasteiger charge is -2.14. The molecule has 0 bridgehead atoms. The van der Waals surface area contributed by atoms with Crippen LogP contribution in [0.15, 0.2) is 43.0 Å². The first-order valence-electron chi connectivity index (χ1n) is 7.41. The Balaban J connectivity index is 1.81. The van der Waals surface area contributed by atoms with Crippen LogP contribution in [-0.2, 0) is 11.2 Å². The molecular formula is C16H15FN6O2. The van der Waals surface area contributed by atoms with Crippen molar-refractivity contribution in [3.8, 4) is 11.3 Å². The minimum Gasteiger partial charge on any atom is -0.368 e. The fourth-order valence-electron chi connectivity index (χ4n) is 2.40. The lowest BCUT2D eigenvalue weighted by Crippen LogP contribution is -2.46. The highest BCUT2D eigenvalue weighted by atomic mass is 19.1. The van der Waals surface area contributed by atoms with E-state index in [4.69, 9.17) is 5.73 Å². The summed E-state index contributed by atoms with van der Waals surface area (Å²) in [7, 11) is 0. The summed E-state index contributed by atoms with van der Waals surface area (Å²) in [4.78, 5) is 30.9. The van der Waals surface area contributed by atoms with Gasteiger partial charge in [-0.2, -0.15) is 5.10 Å². The Bertz CT molecular complexity index is 890. The van der Waals surface area contributed by atoms with Gasteiger partial charge in [0.1, 0.15) is 11.9 Å². The second-order valence-electron chi connectivity index (χ2n) is 5.38. The summed E-state index contributed by atoms with van der Waals surface area (Å²) in [5.74, 6) is -1.66. The average molecular weight is 342 g/mol. The van der Waals surface area contributed by atoms with Crippen molar-refractivity contribution in [2.75, 3.05) is 0 Å². The van der Waals surface area contributed by atoms with E-state index in [1.165, 1.54) is 36.9 Å². The summed E-state index contributed by atoms with van der Waals surface area (Å²) in [5.41, 5.74) is 7.01. The van der Waals surface area contributed by atoms with Gasteiger partial charge < -0.3 is 16.0 Å². The van der Waals surface area contributed by atoms with E-state index in [-0.39, 0.29) is 12.0 Å². The maximum atomic E-state index is 13.4. The number of halogens is 1. The molecule has 128 valence electrons. The first-order chi connectivity index (χ1) is 12.0. The van der Waals surface area contributed by atoms with Crippen LogP contribution in [0.3, 0.4) is 0 Å². The Morgan fingerprint density at radius 3 is 2.84 bits per heavy atom. The van der Waals surface area contributed by atoms with Crippen LogP contribution in [0, 0.1) is 5.82 Å². The Kier molecular flexibility index (Phi) is 4.55. The minimum atomic E-state index is -0.928. The number of benzene rings is 1. The zero-order valence-corrected chi connectivity index (χ0v) is 13.0. The monoisotopic (exact) mass is 342 g/mol. The van der Waals surface area contributed by atoms with Crippen LogP contribution in [0.1, 0.15) is 16.1 Å². The van der Waals surface area contributed by atoms with Crippen LogP contribution in [-0.4, -0.2) is 38.0 Å². The van der Waals surface area contributed by atoms with Gasteiger partial charge in [-0.1, -0.05) is 12.1 Å². The number of hydrogen-bond donors (Lipinski definition) is 4. The third-order valence-corrected chi connectivity index (χ3v) is 3.62. The molecule has 3 aromatic rings. The van der Waals surface area contributed by atoms with E-state index in [1.807, 2.05) is 0 Å². The third-order valence-electron chi connectivity index (χ3n) is 3.62. The number of primary amides is 1. The Hall–Kier alpha value is -3.49. The molecule has 1 aromatic carbocycles. The topological polar surface area (TPSA) is 130 Å².